The summed E-state index contributed by atoms with van der Waals surface area (Å²) in [6.45, 7) is -0.260. The van der Waals surface area contributed by atoms with Gasteiger partial charge in [-0.3, -0.25) is 0 Å². The molecule has 13 heavy (non-hydrogen) atoms. The van der Waals surface area contributed by atoms with Crippen LogP contribution < -0.4 is 0 Å². The number of hydrogen-bond donors (Lipinski definition) is 4. The van der Waals surface area contributed by atoms with Crippen molar-refractivity contribution in [2.45, 2.75) is 30.8 Å². The minimum absolute atomic E-state index is 0.236. The molecule has 0 aromatic carbocycles. The Morgan fingerprint density at radius 2 is 1.85 bits per heavy atom. The van der Waals surface area contributed by atoms with Gasteiger partial charge in [0.05, 0.1) is 24.9 Å². The first-order valence-corrected chi connectivity index (χ1v) is 4.29. The second-order valence-electron chi connectivity index (χ2n) is 3.40. The van der Waals surface area contributed by atoms with Gasteiger partial charge < -0.3 is 25.2 Å². The van der Waals surface area contributed by atoms with Crippen molar-refractivity contribution in [3.63, 3.8) is 0 Å². The first-order valence-electron chi connectivity index (χ1n) is 4.29. The molecule has 4 N–H and O–H groups in total. The maximum absolute atomic E-state index is 9.46. The Morgan fingerprint density at radius 3 is 2.31 bits per heavy atom. The van der Waals surface area contributed by atoms with Crippen LogP contribution in [0.2, 0.25) is 0 Å². The van der Waals surface area contributed by atoms with Crippen molar-refractivity contribution in [1.82, 2.24) is 0 Å². The summed E-state index contributed by atoms with van der Waals surface area (Å²) in [7, 11) is 1.45. The quantitative estimate of drug-likeness (QED) is 0.410. The predicted molar refractivity (Wildman–Crippen MR) is 44.0 cm³/mol. The summed E-state index contributed by atoms with van der Waals surface area (Å²) in [5, 5.41) is 37.0. The number of hydrogen-bond acceptors (Lipinski definition) is 5. The van der Waals surface area contributed by atoms with E-state index in [2.05, 4.69) is 0 Å². The summed E-state index contributed by atoms with van der Waals surface area (Å²) in [5.74, 6) is -0.525. The fourth-order valence-corrected chi connectivity index (χ4v) is 1.75. The summed E-state index contributed by atoms with van der Waals surface area (Å²) < 4.78 is 4.99. The van der Waals surface area contributed by atoms with E-state index in [1.807, 2.05) is 0 Å². The van der Waals surface area contributed by atoms with Crippen molar-refractivity contribution in [2.24, 2.45) is 5.92 Å². The Kier molecular flexibility index (Phi) is 3.63. The van der Waals surface area contributed by atoms with Crippen LogP contribution in [0.3, 0.4) is 0 Å². The van der Waals surface area contributed by atoms with E-state index in [9.17, 15) is 15.3 Å². The Balaban J connectivity index is 2.69. The number of ether oxygens (including phenoxy) is 1. The van der Waals surface area contributed by atoms with Crippen LogP contribution in [0.15, 0.2) is 0 Å². The van der Waals surface area contributed by atoms with Crippen LogP contribution in [0.5, 0.6) is 0 Å². The van der Waals surface area contributed by atoms with E-state index in [-0.39, 0.29) is 13.0 Å². The zero-order chi connectivity index (χ0) is 10.0. The van der Waals surface area contributed by atoms with E-state index < -0.39 is 30.3 Å². The molecule has 1 fully saturated rings. The van der Waals surface area contributed by atoms with Gasteiger partial charge in [0.25, 0.3) is 0 Å². The summed E-state index contributed by atoms with van der Waals surface area (Å²) in [6.07, 6.45) is -3.47. The topological polar surface area (TPSA) is 90.2 Å². The summed E-state index contributed by atoms with van der Waals surface area (Å²) in [6, 6.07) is 0. The fraction of sp³-hybridized carbons (Fsp3) is 1.00. The zero-order valence-electron chi connectivity index (χ0n) is 7.50. The van der Waals surface area contributed by atoms with Gasteiger partial charge in [0.1, 0.15) is 6.10 Å². The molecule has 1 rings (SSSR count). The molecule has 0 bridgehead atoms. The maximum atomic E-state index is 9.46. The molecule has 0 heterocycles. The van der Waals surface area contributed by atoms with Gasteiger partial charge in [-0.1, -0.05) is 0 Å². The molecule has 0 aromatic heterocycles. The number of methoxy groups -OCH3 is 1. The predicted octanol–water partition coefficient (Wildman–Crippen LogP) is -1.90. The van der Waals surface area contributed by atoms with Gasteiger partial charge in [0.15, 0.2) is 0 Å². The van der Waals surface area contributed by atoms with E-state index in [0.717, 1.165) is 0 Å². The van der Waals surface area contributed by atoms with Crippen LogP contribution >= 0.6 is 0 Å². The third-order valence-electron chi connectivity index (χ3n) is 2.65. The highest BCUT2D eigenvalue weighted by atomic mass is 16.5. The first-order chi connectivity index (χ1) is 6.11. The standard InChI is InChI=1S/C8H16O5/c1-13-6-2-5(10)8(12)7(11)4(6)3-9/h4-12H,2-3H2,1H3/t4-,5+,6+,7-,8+/m1/s1. The molecular formula is C8H16O5. The molecule has 1 saturated carbocycles. The Morgan fingerprint density at radius 1 is 1.23 bits per heavy atom. The van der Waals surface area contributed by atoms with Gasteiger partial charge in [-0.2, -0.15) is 0 Å². The van der Waals surface area contributed by atoms with Gasteiger partial charge in [-0.05, 0) is 0 Å². The summed E-state index contributed by atoms with van der Waals surface area (Å²) >= 11 is 0. The molecule has 1 aliphatic carbocycles. The first kappa shape index (κ1) is 10.9. The molecule has 0 spiro atoms. The third-order valence-corrected chi connectivity index (χ3v) is 2.65. The molecule has 0 amide bonds. The van der Waals surface area contributed by atoms with E-state index in [1.165, 1.54) is 7.11 Å². The van der Waals surface area contributed by atoms with Crippen molar-refractivity contribution in [3.8, 4) is 0 Å². The second-order valence-corrected chi connectivity index (χ2v) is 3.40. The largest absolute Gasteiger partial charge is 0.396 e. The average molecular weight is 192 g/mol. The molecule has 0 unspecified atom stereocenters. The highest BCUT2D eigenvalue weighted by Crippen LogP contribution is 2.27. The number of aliphatic hydroxyl groups is 4. The highest BCUT2D eigenvalue weighted by Gasteiger charge is 2.42. The molecule has 5 nitrogen and oxygen atoms in total. The maximum Gasteiger partial charge on any atom is 0.106 e. The van der Waals surface area contributed by atoms with Crippen molar-refractivity contribution in [1.29, 1.82) is 0 Å². The van der Waals surface area contributed by atoms with Gasteiger partial charge in [0.2, 0.25) is 0 Å². The summed E-state index contributed by atoms with van der Waals surface area (Å²) in [5.41, 5.74) is 0. The Hall–Kier alpha value is -0.200. The summed E-state index contributed by atoms with van der Waals surface area (Å²) in [4.78, 5) is 0. The minimum Gasteiger partial charge on any atom is -0.396 e. The van der Waals surface area contributed by atoms with E-state index >= 15 is 0 Å². The number of aliphatic hydroxyl groups excluding tert-OH is 4. The fourth-order valence-electron chi connectivity index (χ4n) is 1.75. The lowest BCUT2D eigenvalue weighted by molar-refractivity contribution is -0.165. The monoisotopic (exact) mass is 192 g/mol. The van der Waals surface area contributed by atoms with Crippen LogP contribution in [-0.4, -0.2) is 58.6 Å². The lowest BCUT2D eigenvalue weighted by Gasteiger charge is -2.39. The van der Waals surface area contributed by atoms with E-state index in [4.69, 9.17) is 9.84 Å². The normalized spacial score (nSPS) is 46.4. The SMILES string of the molecule is CO[C@H]1C[C@H](O)[C@H](O)[C@H](O)[C@@H]1CO. The van der Waals surface area contributed by atoms with Crippen molar-refractivity contribution >= 4 is 0 Å². The number of rotatable bonds is 2. The molecule has 78 valence electrons. The van der Waals surface area contributed by atoms with Crippen LogP contribution in [0.4, 0.5) is 0 Å². The Labute approximate surface area is 76.6 Å². The lowest BCUT2D eigenvalue weighted by atomic mass is 9.81. The van der Waals surface area contributed by atoms with Crippen LogP contribution in [0, 0.1) is 5.92 Å². The van der Waals surface area contributed by atoms with Crippen molar-refractivity contribution in [2.75, 3.05) is 13.7 Å². The second kappa shape index (κ2) is 4.34. The van der Waals surface area contributed by atoms with Gasteiger partial charge in [-0.25, -0.2) is 0 Å². The molecule has 0 radical (unpaired) electrons. The molecule has 1 aliphatic rings. The molecule has 5 atom stereocenters. The molecule has 0 saturated heterocycles. The van der Waals surface area contributed by atoms with Crippen molar-refractivity contribution in [3.05, 3.63) is 0 Å². The van der Waals surface area contributed by atoms with Crippen LogP contribution in [0.25, 0.3) is 0 Å². The van der Waals surface area contributed by atoms with Gasteiger partial charge in [-0.15, -0.1) is 0 Å². The average Bonchev–Trinajstić information content (AvgIpc) is 2.13. The smallest absolute Gasteiger partial charge is 0.106 e. The zero-order valence-corrected chi connectivity index (χ0v) is 7.50. The Bertz CT molecular complexity index is 161. The van der Waals surface area contributed by atoms with Gasteiger partial charge >= 0.3 is 0 Å². The van der Waals surface area contributed by atoms with Gasteiger partial charge in [0, 0.05) is 19.4 Å². The highest BCUT2D eigenvalue weighted by molar-refractivity contribution is 4.92. The lowest BCUT2D eigenvalue weighted by Crippen LogP contribution is -2.54. The minimum atomic E-state index is -1.19. The molecular weight excluding hydrogens is 176 g/mol. The molecule has 5 heteroatoms. The third kappa shape index (κ3) is 2.00. The molecule has 0 aromatic rings. The van der Waals surface area contributed by atoms with E-state index in [1.54, 1.807) is 0 Å². The van der Waals surface area contributed by atoms with Crippen LogP contribution in [-0.2, 0) is 4.74 Å². The molecule has 0 aliphatic heterocycles. The van der Waals surface area contributed by atoms with E-state index in [0.29, 0.717) is 0 Å². The van der Waals surface area contributed by atoms with Crippen molar-refractivity contribution < 1.29 is 25.2 Å². The van der Waals surface area contributed by atoms with Crippen LogP contribution in [0.1, 0.15) is 6.42 Å².